The summed E-state index contributed by atoms with van der Waals surface area (Å²) < 4.78 is 7.73. The topological polar surface area (TPSA) is 92.8 Å². The molecule has 0 radical (unpaired) electrons. The summed E-state index contributed by atoms with van der Waals surface area (Å²) in [5.74, 6) is 1.36. The van der Waals surface area contributed by atoms with E-state index >= 15 is 0 Å². The molecule has 0 saturated carbocycles. The lowest BCUT2D eigenvalue weighted by molar-refractivity contribution is 0.422. The molecule has 7 heteroatoms. The highest BCUT2D eigenvalue weighted by Crippen LogP contribution is 2.48. The number of aromatic hydroxyl groups is 2. The minimum absolute atomic E-state index is 0.109. The van der Waals surface area contributed by atoms with Gasteiger partial charge in [0.05, 0.1) is 11.1 Å². The zero-order chi connectivity index (χ0) is 23.5. The zero-order valence-electron chi connectivity index (χ0n) is 18.3. The summed E-state index contributed by atoms with van der Waals surface area (Å²) in [6.07, 6.45) is 1.55. The van der Waals surface area contributed by atoms with Gasteiger partial charge in [0.2, 0.25) is 5.88 Å². The third-order valence-electron chi connectivity index (χ3n) is 6.43. The van der Waals surface area contributed by atoms with Crippen LogP contribution in [-0.4, -0.2) is 29.8 Å². The number of hydrogen-bond donors (Lipinski definition) is 2. The Balaban J connectivity index is 1.47. The summed E-state index contributed by atoms with van der Waals surface area (Å²) in [5, 5.41) is 27.4. The Morgan fingerprint density at radius 3 is 2.43 bits per heavy atom. The van der Waals surface area contributed by atoms with Crippen molar-refractivity contribution in [3.05, 3.63) is 108 Å². The van der Waals surface area contributed by atoms with E-state index in [2.05, 4.69) is 10.1 Å². The highest BCUT2D eigenvalue weighted by Gasteiger charge is 2.33. The third kappa shape index (κ3) is 3.02. The van der Waals surface area contributed by atoms with Crippen molar-refractivity contribution < 1.29 is 14.9 Å². The number of rotatable bonds is 2. The highest BCUT2D eigenvalue weighted by molar-refractivity contribution is 5.89. The first-order chi connectivity index (χ1) is 17.2. The number of nitrogens with zero attached hydrogens (tertiary/aromatic N) is 4. The molecule has 7 nitrogen and oxygen atoms in total. The summed E-state index contributed by atoms with van der Waals surface area (Å²) >= 11 is 0. The van der Waals surface area contributed by atoms with E-state index in [1.165, 1.54) is 0 Å². The Morgan fingerprint density at radius 2 is 1.60 bits per heavy atom. The number of phenolic OH excluding ortho intramolecular Hbond substituents is 2. The van der Waals surface area contributed by atoms with Gasteiger partial charge in [-0.15, -0.1) is 5.10 Å². The number of fused-ring (bicyclic) bond motifs is 5. The average molecular weight is 458 g/mol. The van der Waals surface area contributed by atoms with E-state index in [0.717, 1.165) is 27.5 Å². The van der Waals surface area contributed by atoms with Crippen LogP contribution in [0, 0.1) is 0 Å². The van der Waals surface area contributed by atoms with E-state index in [9.17, 15) is 10.2 Å². The molecule has 0 amide bonds. The molecule has 1 atom stereocenters. The molecule has 1 aliphatic rings. The first-order valence-corrected chi connectivity index (χ1v) is 11.2. The van der Waals surface area contributed by atoms with Crippen LogP contribution in [0.5, 0.6) is 23.1 Å². The monoisotopic (exact) mass is 458 g/mol. The molecule has 168 valence electrons. The molecular weight excluding hydrogens is 440 g/mol. The van der Waals surface area contributed by atoms with Crippen LogP contribution >= 0.6 is 0 Å². The Bertz CT molecular complexity index is 1760. The minimum Gasteiger partial charge on any atom is -0.508 e. The van der Waals surface area contributed by atoms with E-state index in [4.69, 9.17) is 9.72 Å². The van der Waals surface area contributed by atoms with Crippen LogP contribution in [0.1, 0.15) is 22.6 Å². The Hall–Kier alpha value is -4.91. The molecule has 0 saturated heterocycles. The molecule has 35 heavy (non-hydrogen) atoms. The fourth-order valence-corrected chi connectivity index (χ4v) is 4.82. The Morgan fingerprint density at radius 1 is 0.829 bits per heavy atom. The second-order valence-electron chi connectivity index (χ2n) is 8.55. The van der Waals surface area contributed by atoms with E-state index in [1.807, 2.05) is 66.7 Å². The molecule has 0 aliphatic carbocycles. The fourth-order valence-electron chi connectivity index (χ4n) is 4.82. The van der Waals surface area contributed by atoms with Crippen LogP contribution in [0.15, 0.2) is 91.3 Å². The van der Waals surface area contributed by atoms with Crippen molar-refractivity contribution in [2.24, 2.45) is 0 Å². The standard InChI is InChI=1S/C28H18N4O3/c33-19-10-11-20-23(14-19)35-28-25(24(20)16-6-2-1-3-7-16)27-30-26(31-32(27)15-29-28)21-12-17-8-4-5-9-18(17)13-22(21)34/h1-15,24,33-34H/t24-/m1/s1. The third-order valence-corrected chi connectivity index (χ3v) is 6.43. The first kappa shape index (κ1) is 19.5. The summed E-state index contributed by atoms with van der Waals surface area (Å²) in [6, 6.07) is 26.6. The number of aromatic nitrogens is 4. The lowest BCUT2D eigenvalue weighted by Crippen LogP contribution is -2.14. The zero-order valence-corrected chi connectivity index (χ0v) is 18.3. The predicted molar refractivity (Wildman–Crippen MR) is 131 cm³/mol. The molecule has 3 heterocycles. The maximum Gasteiger partial charge on any atom is 0.228 e. The SMILES string of the molecule is Oc1ccc2c(c1)Oc1ncn3nc(-c4cc5ccccc5cc4O)nc3c1[C@@H]2c1ccccc1. The van der Waals surface area contributed by atoms with E-state index < -0.39 is 0 Å². The van der Waals surface area contributed by atoms with E-state index in [1.54, 1.807) is 29.0 Å². The maximum atomic E-state index is 10.8. The fraction of sp³-hybridized carbons (Fsp3) is 0.0357. The normalized spacial score (nSPS) is 14.5. The molecule has 0 bridgehead atoms. The molecule has 1 aliphatic heterocycles. The second-order valence-corrected chi connectivity index (χ2v) is 8.55. The van der Waals surface area contributed by atoms with Crippen LogP contribution in [0.25, 0.3) is 27.8 Å². The van der Waals surface area contributed by atoms with Crippen molar-refractivity contribution >= 4 is 16.4 Å². The first-order valence-electron chi connectivity index (χ1n) is 11.2. The lowest BCUT2D eigenvalue weighted by Gasteiger charge is -2.27. The van der Waals surface area contributed by atoms with Crippen molar-refractivity contribution in [3.63, 3.8) is 0 Å². The quantitative estimate of drug-likeness (QED) is 0.348. The molecule has 2 aromatic heterocycles. The van der Waals surface area contributed by atoms with Gasteiger partial charge in [0, 0.05) is 17.5 Å². The molecule has 0 spiro atoms. The van der Waals surface area contributed by atoms with Gasteiger partial charge in [0.25, 0.3) is 0 Å². The van der Waals surface area contributed by atoms with Crippen LogP contribution in [0.2, 0.25) is 0 Å². The van der Waals surface area contributed by atoms with Gasteiger partial charge < -0.3 is 14.9 Å². The van der Waals surface area contributed by atoms with Crippen LogP contribution in [0.4, 0.5) is 0 Å². The number of ether oxygens (including phenoxy) is 1. The molecule has 7 rings (SSSR count). The Kier molecular flexibility index (Phi) is 4.08. The van der Waals surface area contributed by atoms with Crippen molar-refractivity contribution in [3.8, 4) is 34.5 Å². The second kappa shape index (κ2) is 7.30. The predicted octanol–water partition coefficient (Wildman–Crippen LogP) is 5.64. The van der Waals surface area contributed by atoms with Crippen LogP contribution in [0.3, 0.4) is 0 Å². The molecular formula is C28H18N4O3. The molecule has 0 fully saturated rings. The van der Waals surface area contributed by atoms with Crippen LogP contribution in [-0.2, 0) is 0 Å². The maximum absolute atomic E-state index is 10.8. The van der Waals surface area contributed by atoms with Gasteiger partial charge >= 0.3 is 0 Å². The summed E-state index contributed by atoms with van der Waals surface area (Å²) in [5.41, 5.74) is 3.84. The number of benzene rings is 4. The van der Waals surface area contributed by atoms with Gasteiger partial charge in [0.15, 0.2) is 11.5 Å². The summed E-state index contributed by atoms with van der Waals surface area (Å²) in [7, 11) is 0. The molecule has 6 aromatic rings. The summed E-state index contributed by atoms with van der Waals surface area (Å²) in [4.78, 5) is 9.38. The van der Waals surface area contributed by atoms with Crippen molar-refractivity contribution in [1.29, 1.82) is 0 Å². The lowest BCUT2D eigenvalue weighted by atomic mass is 9.84. The largest absolute Gasteiger partial charge is 0.508 e. The van der Waals surface area contributed by atoms with Crippen molar-refractivity contribution in [2.75, 3.05) is 0 Å². The van der Waals surface area contributed by atoms with Crippen LogP contribution < -0.4 is 4.74 Å². The van der Waals surface area contributed by atoms with Gasteiger partial charge in [-0.1, -0.05) is 60.7 Å². The van der Waals surface area contributed by atoms with Gasteiger partial charge in [-0.25, -0.2) is 14.5 Å². The van der Waals surface area contributed by atoms with Gasteiger partial charge in [-0.3, -0.25) is 0 Å². The minimum atomic E-state index is -0.228. The van der Waals surface area contributed by atoms with Gasteiger partial charge in [-0.05, 0) is 34.5 Å². The van der Waals surface area contributed by atoms with E-state index in [-0.39, 0.29) is 17.4 Å². The van der Waals surface area contributed by atoms with Gasteiger partial charge in [0.1, 0.15) is 23.6 Å². The number of hydrogen-bond acceptors (Lipinski definition) is 6. The molecule has 4 aromatic carbocycles. The van der Waals surface area contributed by atoms with Crippen molar-refractivity contribution in [1.82, 2.24) is 19.6 Å². The van der Waals surface area contributed by atoms with Gasteiger partial charge in [-0.2, -0.15) is 0 Å². The molecule has 0 unspecified atom stereocenters. The van der Waals surface area contributed by atoms with Crippen molar-refractivity contribution in [2.45, 2.75) is 5.92 Å². The highest BCUT2D eigenvalue weighted by atomic mass is 16.5. The Labute approximate surface area is 199 Å². The van der Waals surface area contributed by atoms with E-state index in [0.29, 0.717) is 28.7 Å². The number of phenols is 2. The average Bonchev–Trinajstić information content (AvgIpc) is 3.31. The smallest absolute Gasteiger partial charge is 0.228 e. The molecule has 2 N–H and O–H groups in total. The summed E-state index contributed by atoms with van der Waals surface area (Å²) in [6.45, 7) is 0.